The molecule has 1 aromatic heterocycles. The van der Waals surface area contributed by atoms with Crippen LogP contribution >= 0.6 is 0 Å². The number of ether oxygens (including phenoxy) is 1. The van der Waals surface area contributed by atoms with Crippen molar-refractivity contribution in [1.82, 2.24) is 4.98 Å². The van der Waals surface area contributed by atoms with Gasteiger partial charge in [0.05, 0.1) is 30.9 Å². The van der Waals surface area contributed by atoms with Crippen LogP contribution in [-0.2, 0) is 17.6 Å². The fraction of sp³-hybridized carbons (Fsp3) is 0.600. The highest BCUT2D eigenvalue weighted by molar-refractivity contribution is 5.57. The van der Waals surface area contributed by atoms with Crippen molar-refractivity contribution in [2.24, 2.45) is 0 Å². The highest BCUT2D eigenvalue weighted by Gasteiger charge is 2.29. The third kappa shape index (κ3) is 2.26. The first-order valence-electron chi connectivity index (χ1n) is 7.15. The van der Waals surface area contributed by atoms with Gasteiger partial charge in [-0.2, -0.15) is 5.26 Å². The molecule has 0 radical (unpaired) electrons. The van der Waals surface area contributed by atoms with Crippen LogP contribution in [0.3, 0.4) is 0 Å². The van der Waals surface area contributed by atoms with Gasteiger partial charge >= 0.3 is 0 Å². The summed E-state index contributed by atoms with van der Waals surface area (Å²) in [6, 6.07) is 4.42. The van der Waals surface area contributed by atoms with Gasteiger partial charge in [0.15, 0.2) is 0 Å². The molecule has 3 rings (SSSR count). The average molecular weight is 273 g/mol. The summed E-state index contributed by atoms with van der Waals surface area (Å²) >= 11 is 0. The molecule has 0 aromatic carbocycles. The number of nitriles is 1. The van der Waals surface area contributed by atoms with Gasteiger partial charge in [-0.3, -0.25) is 0 Å². The number of aliphatic hydroxyl groups excluding tert-OH is 1. The molecule has 0 bridgehead atoms. The number of anilines is 1. The molecule has 20 heavy (non-hydrogen) atoms. The maximum absolute atomic E-state index is 9.39. The summed E-state index contributed by atoms with van der Waals surface area (Å²) in [6.07, 6.45) is 2.94. The number of fused-ring (bicyclic) bond motifs is 1. The zero-order chi connectivity index (χ0) is 14.1. The van der Waals surface area contributed by atoms with E-state index in [4.69, 9.17) is 9.72 Å². The molecule has 1 aliphatic carbocycles. The molecule has 2 heterocycles. The van der Waals surface area contributed by atoms with Crippen molar-refractivity contribution in [1.29, 1.82) is 5.26 Å². The topological polar surface area (TPSA) is 69.4 Å². The van der Waals surface area contributed by atoms with E-state index in [1.165, 1.54) is 5.56 Å². The van der Waals surface area contributed by atoms with Crippen LogP contribution in [0.1, 0.15) is 30.2 Å². The number of hydrogen-bond acceptors (Lipinski definition) is 5. The minimum absolute atomic E-state index is 0.00392. The molecule has 2 aliphatic rings. The van der Waals surface area contributed by atoms with Crippen LogP contribution in [0.15, 0.2) is 6.07 Å². The Hall–Kier alpha value is -1.64. The quantitative estimate of drug-likeness (QED) is 0.871. The number of morpholine rings is 1. The molecule has 1 aliphatic heterocycles. The lowest BCUT2D eigenvalue weighted by atomic mass is 10.1. The first kappa shape index (κ1) is 13.3. The molecule has 1 N–H and O–H groups in total. The van der Waals surface area contributed by atoms with E-state index in [2.05, 4.69) is 17.9 Å². The summed E-state index contributed by atoms with van der Waals surface area (Å²) in [5, 5.41) is 18.7. The SMILES string of the molecule is CC1COC(CO)CN1c1nc2c(cc1C#N)CCC2. The smallest absolute Gasteiger partial charge is 0.147 e. The molecule has 2 atom stereocenters. The lowest BCUT2D eigenvalue weighted by molar-refractivity contribution is -0.0106. The average Bonchev–Trinajstić information content (AvgIpc) is 2.93. The Labute approximate surface area is 118 Å². The van der Waals surface area contributed by atoms with E-state index in [0.717, 1.165) is 30.8 Å². The summed E-state index contributed by atoms with van der Waals surface area (Å²) in [7, 11) is 0. The summed E-state index contributed by atoms with van der Waals surface area (Å²) in [6.45, 7) is 3.19. The highest BCUT2D eigenvalue weighted by Crippen LogP contribution is 2.29. The van der Waals surface area contributed by atoms with Crippen molar-refractivity contribution in [2.45, 2.75) is 38.3 Å². The van der Waals surface area contributed by atoms with E-state index in [-0.39, 0.29) is 18.8 Å². The Balaban J connectivity index is 1.98. The Morgan fingerprint density at radius 3 is 3.15 bits per heavy atom. The Bertz CT molecular complexity index is 553. The second kappa shape index (κ2) is 5.39. The molecule has 5 nitrogen and oxygen atoms in total. The number of pyridine rings is 1. The zero-order valence-corrected chi connectivity index (χ0v) is 11.7. The lowest BCUT2D eigenvalue weighted by Gasteiger charge is -2.38. The summed E-state index contributed by atoms with van der Waals surface area (Å²) < 4.78 is 5.55. The minimum Gasteiger partial charge on any atom is -0.394 e. The Morgan fingerprint density at radius 1 is 1.55 bits per heavy atom. The van der Waals surface area contributed by atoms with Crippen LogP contribution in [0.25, 0.3) is 0 Å². The third-order valence-electron chi connectivity index (χ3n) is 4.13. The maximum Gasteiger partial charge on any atom is 0.147 e. The molecule has 5 heteroatoms. The van der Waals surface area contributed by atoms with Gasteiger partial charge in [0.25, 0.3) is 0 Å². The predicted octanol–water partition coefficient (Wildman–Crippen LogP) is 1.03. The molecule has 106 valence electrons. The standard InChI is InChI=1S/C15H19N3O2/c1-10-9-20-13(8-19)7-18(10)15-12(6-16)5-11-3-2-4-14(11)17-15/h5,10,13,19H,2-4,7-9H2,1H3. The van der Waals surface area contributed by atoms with Crippen molar-refractivity contribution < 1.29 is 9.84 Å². The van der Waals surface area contributed by atoms with Crippen LogP contribution in [0.4, 0.5) is 5.82 Å². The van der Waals surface area contributed by atoms with E-state index < -0.39 is 0 Å². The molecule has 0 saturated carbocycles. The molecule has 0 spiro atoms. The molecule has 1 aromatic rings. The number of rotatable bonds is 2. The second-order valence-electron chi connectivity index (χ2n) is 5.57. The van der Waals surface area contributed by atoms with Gasteiger partial charge in [0.2, 0.25) is 0 Å². The largest absolute Gasteiger partial charge is 0.394 e. The molecular formula is C15H19N3O2. The van der Waals surface area contributed by atoms with Crippen LogP contribution in [0, 0.1) is 11.3 Å². The van der Waals surface area contributed by atoms with Crippen molar-refractivity contribution in [3.63, 3.8) is 0 Å². The third-order valence-corrected chi connectivity index (χ3v) is 4.13. The monoisotopic (exact) mass is 273 g/mol. The molecule has 2 unspecified atom stereocenters. The van der Waals surface area contributed by atoms with Gasteiger partial charge in [-0.05, 0) is 37.8 Å². The number of aromatic nitrogens is 1. The number of aryl methyl sites for hydroxylation is 2. The number of hydrogen-bond donors (Lipinski definition) is 1. The van der Waals surface area contributed by atoms with Gasteiger partial charge < -0.3 is 14.7 Å². The first-order valence-corrected chi connectivity index (χ1v) is 7.15. The molecule has 1 fully saturated rings. The van der Waals surface area contributed by atoms with Crippen molar-refractivity contribution >= 4 is 5.82 Å². The Kier molecular flexibility index (Phi) is 3.60. The van der Waals surface area contributed by atoms with Gasteiger partial charge in [-0.15, -0.1) is 0 Å². The highest BCUT2D eigenvalue weighted by atomic mass is 16.5. The van der Waals surface area contributed by atoms with Crippen molar-refractivity contribution in [3.8, 4) is 6.07 Å². The maximum atomic E-state index is 9.39. The minimum atomic E-state index is -0.201. The van der Waals surface area contributed by atoms with E-state index in [9.17, 15) is 10.4 Å². The van der Waals surface area contributed by atoms with E-state index in [1.807, 2.05) is 6.07 Å². The van der Waals surface area contributed by atoms with Gasteiger partial charge in [0, 0.05) is 12.2 Å². The van der Waals surface area contributed by atoms with Gasteiger partial charge in [-0.1, -0.05) is 0 Å². The van der Waals surface area contributed by atoms with Crippen LogP contribution < -0.4 is 4.90 Å². The van der Waals surface area contributed by atoms with Gasteiger partial charge in [-0.25, -0.2) is 4.98 Å². The van der Waals surface area contributed by atoms with Crippen molar-refractivity contribution in [3.05, 3.63) is 22.9 Å². The Morgan fingerprint density at radius 2 is 2.40 bits per heavy atom. The van der Waals surface area contributed by atoms with Crippen LogP contribution in [0.5, 0.6) is 0 Å². The molecule has 0 amide bonds. The van der Waals surface area contributed by atoms with Gasteiger partial charge in [0.1, 0.15) is 11.9 Å². The summed E-state index contributed by atoms with van der Waals surface area (Å²) in [5.74, 6) is 0.752. The first-order chi connectivity index (χ1) is 9.72. The lowest BCUT2D eigenvalue weighted by Crippen LogP contribution is -2.50. The molecule has 1 saturated heterocycles. The van der Waals surface area contributed by atoms with E-state index >= 15 is 0 Å². The number of aliphatic hydroxyl groups is 1. The number of nitrogens with zero attached hydrogens (tertiary/aromatic N) is 3. The molecular weight excluding hydrogens is 254 g/mol. The normalized spacial score (nSPS) is 25.4. The fourth-order valence-corrected chi connectivity index (χ4v) is 2.99. The second-order valence-corrected chi connectivity index (χ2v) is 5.57. The predicted molar refractivity (Wildman–Crippen MR) is 74.6 cm³/mol. The van der Waals surface area contributed by atoms with Crippen LogP contribution in [-0.4, -0.2) is 42.0 Å². The zero-order valence-electron chi connectivity index (χ0n) is 11.7. The van der Waals surface area contributed by atoms with E-state index in [1.54, 1.807) is 0 Å². The van der Waals surface area contributed by atoms with Crippen LogP contribution in [0.2, 0.25) is 0 Å². The summed E-state index contributed by atoms with van der Waals surface area (Å²) in [5.41, 5.74) is 2.97. The van der Waals surface area contributed by atoms with Crippen molar-refractivity contribution in [2.75, 3.05) is 24.7 Å². The fourth-order valence-electron chi connectivity index (χ4n) is 2.99. The van der Waals surface area contributed by atoms with E-state index in [0.29, 0.717) is 18.7 Å². The summed E-state index contributed by atoms with van der Waals surface area (Å²) in [4.78, 5) is 6.83.